The zero-order valence-electron chi connectivity index (χ0n) is 15.4. The maximum absolute atomic E-state index is 12.2. The zero-order chi connectivity index (χ0) is 18.0. The molecule has 2 aromatic rings. The third-order valence-corrected chi connectivity index (χ3v) is 4.23. The Bertz CT molecular complexity index is 762. The molecule has 0 radical (unpaired) electrons. The number of carbonyl (C=O) groups excluding carboxylic acids is 1. The highest BCUT2D eigenvalue weighted by Gasteiger charge is 2.26. The molecule has 6 nitrogen and oxygen atoms in total. The van der Waals surface area contributed by atoms with Crippen LogP contribution in [0.5, 0.6) is 0 Å². The third kappa shape index (κ3) is 3.95. The lowest BCUT2D eigenvalue weighted by Gasteiger charge is -2.37. The molecule has 6 heteroatoms. The normalized spacial score (nSPS) is 15.4. The molecule has 0 bridgehead atoms. The minimum absolute atomic E-state index is 0.235. The molecule has 0 unspecified atom stereocenters. The van der Waals surface area contributed by atoms with Crippen LogP contribution in [0.3, 0.4) is 0 Å². The lowest BCUT2D eigenvalue weighted by Crippen LogP contribution is -2.50. The first-order valence-corrected chi connectivity index (χ1v) is 8.68. The van der Waals surface area contributed by atoms with Crippen molar-refractivity contribution in [2.45, 2.75) is 26.4 Å². The van der Waals surface area contributed by atoms with Gasteiger partial charge in [0.1, 0.15) is 11.4 Å². The number of benzene rings is 1. The van der Waals surface area contributed by atoms with E-state index in [0.29, 0.717) is 13.1 Å². The number of nitrogens with one attached hydrogen (secondary N) is 1. The predicted octanol–water partition coefficient (Wildman–Crippen LogP) is 3.33. The number of para-hydroxylation sites is 1. The minimum atomic E-state index is -0.461. The fraction of sp³-hybridized carbons (Fsp3) is 0.474. The van der Waals surface area contributed by atoms with Crippen LogP contribution < -0.4 is 10.2 Å². The van der Waals surface area contributed by atoms with Gasteiger partial charge in [-0.05, 0) is 39.0 Å². The molecule has 1 fully saturated rings. The first-order valence-electron chi connectivity index (χ1n) is 8.68. The lowest BCUT2D eigenvalue weighted by molar-refractivity contribution is 0.0241. The van der Waals surface area contributed by atoms with Gasteiger partial charge in [0.05, 0.1) is 11.2 Å². The van der Waals surface area contributed by atoms with Crippen molar-refractivity contribution < 1.29 is 9.53 Å². The Morgan fingerprint density at radius 1 is 1.12 bits per heavy atom. The van der Waals surface area contributed by atoms with E-state index in [1.54, 1.807) is 4.90 Å². The second kappa shape index (κ2) is 6.78. The first kappa shape index (κ1) is 17.3. The van der Waals surface area contributed by atoms with Crippen molar-refractivity contribution in [1.82, 2.24) is 9.88 Å². The van der Waals surface area contributed by atoms with Gasteiger partial charge in [0, 0.05) is 38.6 Å². The van der Waals surface area contributed by atoms with Crippen molar-refractivity contribution in [2.75, 3.05) is 43.4 Å². The van der Waals surface area contributed by atoms with Gasteiger partial charge >= 0.3 is 6.09 Å². The molecule has 1 aliphatic rings. The van der Waals surface area contributed by atoms with E-state index < -0.39 is 5.60 Å². The molecule has 0 aliphatic carbocycles. The maximum atomic E-state index is 12.2. The summed E-state index contributed by atoms with van der Waals surface area (Å²) in [4.78, 5) is 21.0. The van der Waals surface area contributed by atoms with E-state index in [4.69, 9.17) is 9.72 Å². The van der Waals surface area contributed by atoms with E-state index in [1.165, 1.54) is 0 Å². The zero-order valence-corrected chi connectivity index (χ0v) is 15.4. The summed E-state index contributed by atoms with van der Waals surface area (Å²) in [5.74, 6) is 0.854. The second-order valence-electron chi connectivity index (χ2n) is 7.25. The number of piperazine rings is 1. The van der Waals surface area contributed by atoms with Crippen LogP contribution in [0.2, 0.25) is 0 Å². The number of hydrogen-bond donors (Lipinski definition) is 1. The van der Waals surface area contributed by atoms with Crippen LogP contribution in [0.4, 0.5) is 16.3 Å². The number of anilines is 2. The van der Waals surface area contributed by atoms with Crippen LogP contribution in [-0.2, 0) is 4.74 Å². The molecular weight excluding hydrogens is 316 g/mol. The SMILES string of the molecule is CNc1ccc2cccc(N3CCN(C(=O)OC(C)(C)C)CC3)c2n1. The molecule has 1 aliphatic heterocycles. The van der Waals surface area contributed by atoms with Crippen LogP contribution in [0, 0.1) is 0 Å². The number of carbonyl (C=O) groups is 1. The fourth-order valence-corrected chi connectivity index (χ4v) is 2.98. The Kier molecular flexibility index (Phi) is 4.70. The van der Waals surface area contributed by atoms with E-state index in [9.17, 15) is 4.79 Å². The molecule has 0 saturated carbocycles. The topological polar surface area (TPSA) is 57.7 Å². The highest BCUT2D eigenvalue weighted by Crippen LogP contribution is 2.27. The van der Waals surface area contributed by atoms with Crippen molar-refractivity contribution in [1.29, 1.82) is 0 Å². The van der Waals surface area contributed by atoms with Crippen LogP contribution in [0.1, 0.15) is 20.8 Å². The number of ether oxygens (including phenoxy) is 1. The largest absolute Gasteiger partial charge is 0.444 e. The first-order chi connectivity index (χ1) is 11.9. The molecule has 0 spiro atoms. The van der Waals surface area contributed by atoms with E-state index in [1.807, 2.05) is 33.9 Å². The van der Waals surface area contributed by atoms with Crippen molar-refractivity contribution in [3.8, 4) is 0 Å². The van der Waals surface area contributed by atoms with Crippen LogP contribution >= 0.6 is 0 Å². The van der Waals surface area contributed by atoms with Gasteiger partial charge in [0.2, 0.25) is 0 Å². The van der Waals surface area contributed by atoms with Gasteiger partial charge < -0.3 is 19.9 Å². The van der Waals surface area contributed by atoms with Gasteiger partial charge in [-0.25, -0.2) is 9.78 Å². The standard InChI is InChI=1S/C19H26N4O2/c1-19(2,3)25-18(24)23-12-10-22(11-13-23)15-7-5-6-14-8-9-16(20-4)21-17(14)15/h5-9H,10-13H2,1-4H3,(H,20,21). The van der Waals surface area contributed by atoms with E-state index >= 15 is 0 Å². The Morgan fingerprint density at radius 2 is 1.84 bits per heavy atom. The summed E-state index contributed by atoms with van der Waals surface area (Å²) in [6.45, 7) is 8.51. The quantitative estimate of drug-likeness (QED) is 0.907. The van der Waals surface area contributed by atoms with Gasteiger partial charge in [-0.15, -0.1) is 0 Å². The van der Waals surface area contributed by atoms with Crippen LogP contribution in [0.15, 0.2) is 30.3 Å². The fourth-order valence-electron chi connectivity index (χ4n) is 2.98. The highest BCUT2D eigenvalue weighted by molar-refractivity contribution is 5.92. The summed E-state index contributed by atoms with van der Waals surface area (Å²) < 4.78 is 5.47. The molecule has 1 amide bonds. The molecule has 1 saturated heterocycles. The molecule has 0 atom stereocenters. The summed E-state index contributed by atoms with van der Waals surface area (Å²) in [5, 5.41) is 4.21. The summed E-state index contributed by atoms with van der Waals surface area (Å²) in [5.41, 5.74) is 1.63. The monoisotopic (exact) mass is 342 g/mol. The minimum Gasteiger partial charge on any atom is -0.444 e. The van der Waals surface area contributed by atoms with Gasteiger partial charge in [-0.1, -0.05) is 12.1 Å². The number of aromatic nitrogens is 1. The van der Waals surface area contributed by atoms with E-state index in [-0.39, 0.29) is 6.09 Å². The van der Waals surface area contributed by atoms with E-state index in [2.05, 4.69) is 34.5 Å². The predicted molar refractivity (Wildman–Crippen MR) is 101 cm³/mol. The Hall–Kier alpha value is -2.50. The molecule has 1 N–H and O–H groups in total. The van der Waals surface area contributed by atoms with Crippen molar-refractivity contribution in [3.63, 3.8) is 0 Å². The number of nitrogens with zero attached hydrogens (tertiary/aromatic N) is 3. The van der Waals surface area contributed by atoms with Crippen molar-refractivity contribution in [2.24, 2.45) is 0 Å². The van der Waals surface area contributed by atoms with Gasteiger partial charge in [0.25, 0.3) is 0 Å². The van der Waals surface area contributed by atoms with Gasteiger partial charge in [-0.2, -0.15) is 0 Å². The summed E-state index contributed by atoms with van der Waals surface area (Å²) >= 11 is 0. The molecular formula is C19H26N4O2. The molecule has 1 aromatic heterocycles. The number of amides is 1. The maximum Gasteiger partial charge on any atom is 0.410 e. The lowest BCUT2D eigenvalue weighted by atomic mass is 10.1. The Labute approximate surface area is 148 Å². The second-order valence-corrected chi connectivity index (χ2v) is 7.25. The molecule has 2 heterocycles. The third-order valence-electron chi connectivity index (χ3n) is 4.23. The van der Waals surface area contributed by atoms with Gasteiger partial charge in [0.15, 0.2) is 0 Å². The van der Waals surface area contributed by atoms with Crippen LogP contribution in [-0.4, -0.2) is 54.8 Å². The summed E-state index contributed by atoms with van der Waals surface area (Å²) in [6, 6.07) is 10.3. The Morgan fingerprint density at radius 3 is 2.48 bits per heavy atom. The average Bonchev–Trinajstić information content (AvgIpc) is 2.59. The number of pyridine rings is 1. The molecule has 3 rings (SSSR count). The average molecular weight is 342 g/mol. The highest BCUT2D eigenvalue weighted by atomic mass is 16.6. The number of hydrogen-bond acceptors (Lipinski definition) is 5. The van der Waals surface area contributed by atoms with Crippen molar-refractivity contribution in [3.05, 3.63) is 30.3 Å². The Balaban J connectivity index is 1.75. The number of fused-ring (bicyclic) bond motifs is 1. The molecule has 134 valence electrons. The number of rotatable bonds is 2. The smallest absolute Gasteiger partial charge is 0.410 e. The summed E-state index contributed by atoms with van der Waals surface area (Å²) in [6.07, 6.45) is -0.235. The molecule has 1 aromatic carbocycles. The van der Waals surface area contributed by atoms with E-state index in [0.717, 1.165) is 35.5 Å². The van der Waals surface area contributed by atoms with Gasteiger partial charge in [-0.3, -0.25) is 0 Å². The molecule has 25 heavy (non-hydrogen) atoms. The van der Waals surface area contributed by atoms with Crippen molar-refractivity contribution >= 4 is 28.5 Å². The summed E-state index contributed by atoms with van der Waals surface area (Å²) in [7, 11) is 1.87. The van der Waals surface area contributed by atoms with Crippen LogP contribution in [0.25, 0.3) is 10.9 Å².